The molecule has 0 aliphatic heterocycles. The quantitative estimate of drug-likeness (QED) is 0.779. The monoisotopic (exact) mass is 266 g/mol. The van der Waals surface area contributed by atoms with Crippen LogP contribution in [0.5, 0.6) is 5.75 Å². The number of hydrogen-bond donors (Lipinski definition) is 2. The molecule has 0 radical (unpaired) electrons. The number of aromatic hydroxyl groups is 1. The van der Waals surface area contributed by atoms with Gasteiger partial charge in [0.15, 0.2) is 5.69 Å². The van der Waals surface area contributed by atoms with Gasteiger partial charge in [0.2, 0.25) is 0 Å². The van der Waals surface area contributed by atoms with Crippen LogP contribution in [0.2, 0.25) is 0 Å². The van der Waals surface area contributed by atoms with Crippen LogP contribution in [0.15, 0.2) is 18.3 Å². The molecule has 19 heavy (non-hydrogen) atoms. The van der Waals surface area contributed by atoms with Crippen molar-refractivity contribution in [2.24, 2.45) is 5.92 Å². The van der Waals surface area contributed by atoms with Gasteiger partial charge in [-0.05, 0) is 24.5 Å². The standard InChI is InChI=1S/C13H18N2O4/c1-8(2)7-9(13(18)19-3)15-12(17)11-10(16)5-4-6-14-11/h4-6,8-9,16H,7H2,1-3H3,(H,15,17). The number of carbonyl (C=O) groups is 2. The Bertz CT molecular complexity index is 460. The van der Waals surface area contributed by atoms with E-state index in [1.165, 1.54) is 25.4 Å². The Morgan fingerprint density at radius 2 is 2.16 bits per heavy atom. The number of hydrogen-bond acceptors (Lipinski definition) is 5. The van der Waals surface area contributed by atoms with E-state index in [4.69, 9.17) is 0 Å². The summed E-state index contributed by atoms with van der Waals surface area (Å²) in [7, 11) is 1.26. The summed E-state index contributed by atoms with van der Waals surface area (Å²) in [5.74, 6) is -1.14. The lowest BCUT2D eigenvalue weighted by molar-refractivity contribution is -0.143. The molecular formula is C13H18N2O4. The SMILES string of the molecule is COC(=O)C(CC(C)C)NC(=O)c1ncccc1O. The predicted molar refractivity (Wildman–Crippen MR) is 68.6 cm³/mol. The maximum atomic E-state index is 11.9. The lowest BCUT2D eigenvalue weighted by Crippen LogP contribution is -2.42. The van der Waals surface area contributed by atoms with Crippen molar-refractivity contribution in [1.29, 1.82) is 0 Å². The first-order chi connectivity index (χ1) is 8.95. The first-order valence-corrected chi connectivity index (χ1v) is 5.98. The molecule has 6 heteroatoms. The fourth-order valence-corrected chi connectivity index (χ4v) is 1.63. The maximum absolute atomic E-state index is 11.9. The highest BCUT2D eigenvalue weighted by molar-refractivity contribution is 5.97. The molecule has 104 valence electrons. The van der Waals surface area contributed by atoms with Crippen LogP contribution in [-0.2, 0) is 9.53 Å². The molecule has 1 unspecified atom stereocenters. The van der Waals surface area contributed by atoms with Gasteiger partial charge in [-0.15, -0.1) is 0 Å². The molecule has 1 rings (SSSR count). The number of rotatable bonds is 5. The molecule has 0 bridgehead atoms. The van der Waals surface area contributed by atoms with Gasteiger partial charge in [0.1, 0.15) is 11.8 Å². The number of nitrogens with one attached hydrogen (secondary N) is 1. The number of pyridine rings is 1. The van der Waals surface area contributed by atoms with E-state index in [1.807, 2.05) is 13.8 Å². The molecule has 1 atom stereocenters. The molecule has 0 aromatic carbocycles. The highest BCUT2D eigenvalue weighted by atomic mass is 16.5. The highest BCUT2D eigenvalue weighted by Crippen LogP contribution is 2.13. The molecular weight excluding hydrogens is 248 g/mol. The summed E-state index contributed by atoms with van der Waals surface area (Å²) >= 11 is 0. The van der Waals surface area contributed by atoms with Crippen LogP contribution in [0.4, 0.5) is 0 Å². The fraction of sp³-hybridized carbons (Fsp3) is 0.462. The average Bonchev–Trinajstić information content (AvgIpc) is 2.36. The number of carbonyl (C=O) groups excluding carboxylic acids is 2. The first-order valence-electron chi connectivity index (χ1n) is 5.98. The molecule has 1 aromatic heterocycles. The fourth-order valence-electron chi connectivity index (χ4n) is 1.63. The van der Waals surface area contributed by atoms with E-state index in [1.54, 1.807) is 0 Å². The topological polar surface area (TPSA) is 88.5 Å². The van der Waals surface area contributed by atoms with Crippen LogP contribution in [0.1, 0.15) is 30.8 Å². The normalized spacial score (nSPS) is 12.0. The summed E-state index contributed by atoms with van der Waals surface area (Å²) < 4.78 is 4.64. The van der Waals surface area contributed by atoms with Gasteiger partial charge in [-0.2, -0.15) is 0 Å². The van der Waals surface area contributed by atoms with Gasteiger partial charge in [0, 0.05) is 6.20 Å². The Balaban J connectivity index is 2.82. The van der Waals surface area contributed by atoms with E-state index < -0.39 is 17.9 Å². The van der Waals surface area contributed by atoms with Gasteiger partial charge >= 0.3 is 5.97 Å². The largest absolute Gasteiger partial charge is 0.505 e. The lowest BCUT2D eigenvalue weighted by atomic mass is 10.0. The van der Waals surface area contributed by atoms with E-state index in [-0.39, 0.29) is 17.4 Å². The second-order valence-electron chi connectivity index (χ2n) is 4.55. The first kappa shape index (κ1) is 14.9. The minimum atomic E-state index is -0.751. The van der Waals surface area contributed by atoms with E-state index in [9.17, 15) is 14.7 Å². The third-order valence-corrected chi connectivity index (χ3v) is 2.50. The average molecular weight is 266 g/mol. The van der Waals surface area contributed by atoms with E-state index in [0.29, 0.717) is 6.42 Å². The van der Waals surface area contributed by atoms with Crippen LogP contribution in [0.3, 0.4) is 0 Å². The van der Waals surface area contributed by atoms with Crippen molar-refractivity contribution in [3.05, 3.63) is 24.0 Å². The Morgan fingerprint density at radius 1 is 1.47 bits per heavy atom. The smallest absolute Gasteiger partial charge is 0.328 e. The van der Waals surface area contributed by atoms with Gasteiger partial charge in [0.25, 0.3) is 5.91 Å². The van der Waals surface area contributed by atoms with Crippen molar-refractivity contribution >= 4 is 11.9 Å². The molecule has 1 amide bonds. The maximum Gasteiger partial charge on any atom is 0.328 e. The second-order valence-corrected chi connectivity index (χ2v) is 4.55. The number of ether oxygens (including phenoxy) is 1. The van der Waals surface area contributed by atoms with Crippen LogP contribution in [-0.4, -0.2) is 35.1 Å². The van der Waals surface area contributed by atoms with E-state index >= 15 is 0 Å². The van der Waals surface area contributed by atoms with Gasteiger partial charge in [-0.1, -0.05) is 13.8 Å². The van der Waals surface area contributed by atoms with Gasteiger partial charge < -0.3 is 15.2 Å². The molecule has 6 nitrogen and oxygen atoms in total. The van der Waals surface area contributed by atoms with Crippen molar-refractivity contribution in [2.45, 2.75) is 26.3 Å². The number of esters is 1. The zero-order valence-corrected chi connectivity index (χ0v) is 11.2. The van der Waals surface area contributed by atoms with E-state index in [0.717, 1.165) is 0 Å². The van der Waals surface area contributed by atoms with Crippen LogP contribution in [0.25, 0.3) is 0 Å². The molecule has 0 aliphatic rings. The van der Waals surface area contributed by atoms with Crippen molar-refractivity contribution in [2.75, 3.05) is 7.11 Å². The summed E-state index contributed by atoms with van der Waals surface area (Å²) in [5, 5.41) is 12.1. The summed E-state index contributed by atoms with van der Waals surface area (Å²) in [4.78, 5) is 27.3. The minimum Gasteiger partial charge on any atom is -0.505 e. The molecule has 1 heterocycles. The molecule has 0 aliphatic carbocycles. The zero-order chi connectivity index (χ0) is 14.4. The number of aromatic nitrogens is 1. The van der Waals surface area contributed by atoms with Crippen molar-refractivity contribution in [3.8, 4) is 5.75 Å². The Morgan fingerprint density at radius 3 is 2.68 bits per heavy atom. The Labute approximate surface area is 111 Å². The highest BCUT2D eigenvalue weighted by Gasteiger charge is 2.24. The second kappa shape index (κ2) is 6.72. The van der Waals surface area contributed by atoms with E-state index in [2.05, 4.69) is 15.0 Å². The van der Waals surface area contributed by atoms with Crippen LogP contribution < -0.4 is 5.32 Å². The van der Waals surface area contributed by atoms with Crippen molar-refractivity contribution in [3.63, 3.8) is 0 Å². The van der Waals surface area contributed by atoms with Crippen molar-refractivity contribution in [1.82, 2.24) is 10.3 Å². The number of amides is 1. The minimum absolute atomic E-state index is 0.111. The van der Waals surface area contributed by atoms with Gasteiger partial charge in [-0.25, -0.2) is 9.78 Å². The van der Waals surface area contributed by atoms with Gasteiger partial charge in [-0.3, -0.25) is 4.79 Å². The van der Waals surface area contributed by atoms with Gasteiger partial charge in [0.05, 0.1) is 7.11 Å². The Hall–Kier alpha value is -2.11. The number of methoxy groups -OCH3 is 1. The Kier molecular flexibility index (Phi) is 5.29. The zero-order valence-electron chi connectivity index (χ0n) is 11.2. The summed E-state index contributed by atoms with van der Waals surface area (Å²) in [6.07, 6.45) is 1.84. The van der Waals surface area contributed by atoms with Crippen LogP contribution in [0, 0.1) is 5.92 Å². The summed E-state index contributed by atoms with van der Waals surface area (Å²) in [5.41, 5.74) is -0.111. The van der Waals surface area contributed by atoms with Crippen LogP contribution >= 0.6 is 0 Å². The third-order valence-electron chi connectivity index (χ3n) is 2.50. The lowest BCUT2D eigenvalue weighted by Gasteiger charge is -2.18. The molecule has 0 saturated carbocycles. The number of nitrogens with zero attached hydrogens (tertiary/aromatic N) is 1. The third kappa shape index (κ3) is 4.24. The van der Waals surface area contributed by atoms with Crippen molar-refractivity contribution < 1.29 is 19.4 Å². The molecule has 1 aromatic rings. The summed E-state index contributed by atoms with van der Waals surface area (Å²) in [6.45, 7) is 3.86. The molecule has 2 N–H and O–H groups in total. The molecule has 0 saturated heterocycles. The molecule has 0 fully saturated rings. The molecule has 0 spiro atoms. The predicted octanol–water partition coefficient (Wildman–Crippen LogP) is 1.10. The summed E-state index contributed by atoms with van der Waals surface area (Å²) in [6, 6.07) is 2.12.